The van der Waals surface area contributed by atoms with Gasteiger partial charge >= 0.3 is 0 Å². The average Bonchev–Trinajstić information content (AvgIpc) is 3.03. The molecule has 1 heterocycles. The fourth-order valence-electron chi connectivity index (χ4n) is 2.26. The zero-order chi connectivity index (χ0) is 18.0. The summed E-state index contributed by atoms with van der Waals surface area (Å²) in [7, 11) is 0. The number of benzene rings is 2. The van der Waals surface area contributed by atoms with E-state index in [1.54, 1.807) is 19.1 Å². The highest BCUT2D eigenvalue weighted by Crippen LogP contribution is 2.26. The minimum absolute atomic E-state index is 0.0178. The Morgan fingerprint density at radius 3 is 2.60 bits per heavy atom. The van der Waals surface area contributed by atoms with E-state index < -0.39 is 4.92 Å². The highest BCUT2D eigenvalue weighted by molar-refractivity contribution is 7.14. The standard InChI is InChI=1S/C17H12ClN3O3S/c1-10-8-12(4-7-15(10)21(23)24)16(22)20-17-19-14(9-25-17)11-2-5-13(18)6-3-11/h2-9H,1H3,(H,19,20,22). The molecule has 3 rings (SSSR count). The number of nitro benzene ring substituents is 1. The highest BCUT2D eigenvalue weighted by atomic mass is 35.5. The fourth-order valence-corrected chi connectivity index (χ4v) is 3.10. The topological polar surface area (TPSA) is 85.1 Å². The number of carbonyl (C=O) groups is 1. The lowest BCUT2D eigenvalue weighted by atomic mass is 10.1. The Kier molecular flexibility index (Phi) is 4.78. The summed E-state index contributed by atoms with van der Waals surface area (Å²) in [6.45, 7) is 1.59. The Balaban J connectivity index is 1.76. The number of nitrogens with zero attached hydrogens (tertiary/aromatic N) is 2. The molecule has 0 aliphatic heterocycles. The summed E-state index contributed by atoms with van der Waals surface area (Å²) >= 11 is 7.17. The summed E-state index contributed by atoms with van der Waals surface area (Å²) in [6, 6.07) is 11.5. The van der Waals surface area contributed by atoms with E-state index in [0.29, 0.717) is 21.3 Å². The van der Waals surface area contributed by atoms with Crippen LogP contribution in [0.4, 0.5) is 10.8 Å². The van der Waals surface area contributed by atoms with Crippen LogP contribution in [-0.4, -0.2) is 15.8 Å². The van der Waals surface area contributed by atoms with Crippen molar-refractivity contribution in [2.24, 2.45) is 0 Å². The van der Waals surface area contributed by atoms with Crippen molar-refractivity contribution in [1.82, 2.24) is 4.98 Å². The molecule has 0 fully saturated rings. The molecule has 0 radical (unpaired) electrons. The van der Waals surface area contributed by atoms with Crippen LogP contribution in [0.5, 0.6) is 0 Å². The summed E-state index contributed by atoms with van der Waals surface area (Å²) in [4.78, 5) is 27.1. The first-order chi connectivity index (χ1) is 11.9. The zero-order valence-electron chi connectivity index (χ0n) is 13.0. The fraction of sp³-hybridized carbons (Fsp3) is 0.0588. The van der Waals surface area contributed by atoms with E-state index in [1.807, 2.05) is 17.5 Å². The molecule has 0 spiro atoms. The third-order valence-corrected chi connectivity index (χ3v) is 4.53. The Morgan fingerprint density at radius 1 is 1.24 bits per heavy atom. The van der Waals surface area contributed by atoms with Gasteiger partial charge < -0.3 is 0 Å². The van der Waals surface area contributed by atoms with Crippen LogP contribution < -0.4 is 5.32 Å². The lowest BCUT2D eigenvalue weighted by molar-refractivity contribution is -0.385. The molecule has 0 saturated carbocycles. The van der Waals surface area contributed by atoms with Gasteiger partial charge in [-0.1, -0.05) is 23.7 Å². The second kappa shape index (κ2) is 7.00. The number of nitro groups is 1. The van der Waals surface area contributed by atoms with Crippen molar-refractivity contribution in [1.29, 1.82) is 0 Å². The Labute approximate surface area is 152 Å². The molecule has 0 aliphatic rings. The normalized spacial score (nSPS) is 10.5. The van der Waals surface area contributed by atoms with Gasteiger partial charge in [0.1, 0.15) is 0 Å². The van der Waals surface area contributed by atoms with Gasteiger partial charge in [-0.15, -0.1) is 11.3 Å². The smallest absolute Gasteiger partial charge is 0.272 e. The first kappa shape index (κ1) is 17.1. The quantitative estimate of drug-likeness (QED) is 0.518. The van der Waals surface area contributed by atoms with Gasteiger partial charge in [0.05, 0.1) is 10.6 Å². The predicted octanol–water partition coefficient (Wildman–Crippen LogP) is 4.93. The molecule has 126 valence electrons. The summed E-state index contributed by atoms with van der Waals surface area (Å²) < 4.78 is 0. The molecule has 2 aromatic carbocycles. The first-order valence-corrected chi connectivity index (χ1v) is 8.47. The van der Waals surface area contributed by atoms with Crippen molar-refractivity contribution >= 4 is 39.7 Å². The Hall–Kier alpha value is -2.77. The molecule has 1 amide bonds. The number of halogens is 1. The molecule has 0 bridgehead atoms. The van der Waals surface area contributed by atoms with Crippen molar-refractivity contribution < 1.29 is 9.72 Å². The molecule has 0 unspecified atom stereocenters. The maximum absolute atomic E-state index is 12.3. The average molecular weight is 374 g/mol. The predicted molar refractivity (Wildman–Crippen MR) is 98.3 cm³/mol. The number of anilines is 1. The van der Waals surface area contributed by atoms with Gasteiger partial charge in [-0.25, -0.2) is 4.98 Å². The molecule has 6 nitrogen and oxygen atoms in total. The number of thiazole rings is 1. The summed E-state index contributed by atoms with van der Waals surface area (Å²) in [5.74, 6) is -0.366. The van der Waals surface area contributed by atoms with Gasteiger partial charge in [-0.05, 0) is 31.2 Å². The van der Waals surface area contributed by atoms with Crippen LogP contribution >= 0.6 is 22.9 Å². The number of amides is 1. The van der Waals surface area contributed by atoms with Crippen LogP contribution in [0.15, 0.2) is 47.8 Å². The van der Waals surface area contributed by atoms with Gasteiger partial charge in [0.25, 0.3) is 11.6 Å². The Morgan fingerprint density at radius 2 is 1.96 bits per heavy atom. The largest absolute Gasteiger partial charge is 0.298 e. The van der Waals surface area contributed by atoms with Crippen molar-refractivity contribution in [2.45, 2.75) is 6.92 Å². The lowest BCUT2D eigenvalue weighted by Gasteiger charge is -2.03. The Bertz CT molecular complexity index is 954. The molecule has 0 atom stereocenters. The van der Waals surface area contributed by atoms with E-state index in [-0.39, 0.29) is 11.6 Å². The second-order valence-electron chi connectivity index (χ2n) is 5.26. The molecule has 1 N–H and O–H groups in total. The molecule has 8 heteroatoms. The summed E-state index contributed by atoms with van der Waals surface area (Å²) in [5, 5.41) is 16.5. The van der Waals surface area contributed by atoms with E-state index in [1.165, 1.54) is 29.5 Å². The first-order valence-electron chi connectivity index (χ1n) is 7.22. The van der Waals surface area contributed by atoms with Gasteiger partial charge in [0.2, 0.25) is 0 Å². The van der Waals surface area contributed by atoms with Gasteiger partial charge in [-0.3, -0.25) is 20.2 Å². The minimum Gasteiger partial charge on any atom is -0.298 e. The van der Waals surface area contributed by atoms with E-state index in [9.17, 15) is 14.9 Å². The maximum Gasteiger partial charge on any atom is 0.272 e. The van der Waals surface area contributed by atoms with Crippen LogP contribution in [-0.2, 0) is 0 Å². The third kappa shape index (κ3) is 3.84. The van der Waals surface area contributed by atoms with Crippen LogP contribution in [0.1, 0.15) is 15.9 Å². The number of carbonyl (C=O) groups excluding carboxylic acids is 1. The van der Waals surface area contributed by atoms with Crippen LogP contribution in [0.25, 0.3) is 11.3 Å². The number of hydrogen-bond donors (Lipinski definition) is 1. The number of nitrogens with one attached hydrogen (secondary N) is 1. The highest BCUT2D eigenvalue weighted by Gasteiger charge is 2.15. The number of hydrogen-bond acceptors (Lipinski definition) is 5. The monoisotopic (exact) mass is 373 g/mol. The van der Waals surface area contributed by atoms with E-state index >= 15 is 0 Å². The number of aromatic nitrogens is 1. The van der Waals surface area contributed by atoms with Crippen LogP contribution in [0.2, 0.25) is 5.02 Å². The third-order valence-electron chi connectivity index (χ3n) is 3.52. The van der Waals surface area contributed by atoms with Crippen molar-refractivity contribution in [3.63, 3.8) is 0 Å². The number of rotatable bonds is 4. The molecule has 0 saturated heterocycles. The number of aryl methyl sites for hydroxylation is 1. The van der Waals surface area contributed by atoms with Crippen LogP contribution in [0.3, 0.4) is 0 Å². The lowest BCUT2D eigenvalue weighted by Crippen LogP contribution is -2.12. The molecule has 1 aromatic heterocycles. The maximum atomic E-state index is 12.3. The minimum atomic E-state index is -0.476. The van der Waals surface area contributed by atoms with Gasteiger partial charge in [0.15, 0.2) is 5.13 Å². The molecule has 0 aliphatic carbocycles. The van der Waals surface area contributed by atoms with Crippen LogP contribution in [0, 0.1) is 17.0 Å². The van der Waals surface area contributed by atoms with Gasteiger partial charge in [-0.2, -0.15) is 0 Å². The summed E-state index contributed by atoms with van der Waals surface area (Å²) in [6.07, 6.45) is 0. The summed E-state index contributed by atoms with van der Waals surface area (Å²) in [5.41, 5.74) is 2.38. The SMILES string of the molecule is Cc1cc(C(=O)Nc2nc(-c3ccc(Cl)cc3)cs2)ccc1[N+](=O)[O-]. The van der Waals surface area contributed by atoms with Crippen molar-refractivity contribution in [3.05, 3.63) is 74.1 Å². The van der Waals surface area contributed by atoms with E-state index in [0.717, 1.165) is 11.3 Å². The molecular formula is C17H12ClN3O3S. The van der Waals surface area contributed by atoms with E-state index in [4.69, 9.17) is 11.6 Å². The molecule has 3 aromatic rings. The second-order valence-corrected chi connectivity index (χ2v) is 6.55. The van der Waals surface area contributed by atoms with E-state index in [2.05, 4.69) is 10.3 Å². The van der Waals surface area contributed by atoms with Gasteiger partial charge in [0, 0.05) is 33.2 Å². The zero-order valence-corrected chi connectivity index (χ0v) is 14.6. The molecular weight excluding hydrogens is 362 g/mol. The molecule has 25 heavy (non-hydrogen) atoms. The van der Waals surface area contributed by atoms with Crippen molar-refractivity contribution in [3.8, 4) is 11.3 Å². The van der Waals surface area contributed by atoms with Crippen molar-refractivity contribution in [2.75, 3.05) is 5.32 Å².